The molecule has 2 aliphatic heterocycles. The van der Waals surface area contributed by atoms with Crippen molar-refractivity contribution in [1.82, 2.24) is 9.13 Å². The summed E-state index contributed by atoms with van der Waals surface area (Å²) in [5.74, 6) is 0.207. The van der Waals surface area contributed by atoms with Crippen molar-refractivity contribution in [3.63, 3.8) is 0 Å². The molecule has 5 heteroatoms. The van der Waals surface area contributed by atoms with Gasteiger partial charge in [0, 0.05) is 83.8 Å². The van der Waals surface area contributed by atoms with Gasteiger partial charge in [-0.15, -0.1) is 0 Å². The van der Waals surface area contributed by atoms with Crippen molar-refractivity contribution in [2.75, 3.05) is 9.80 Å². The third kappa shape index (κ3) is 14.8. The average Bonchev–Trinajstić information content (AvgIpc) is 0.883. The molecule has 0 bridgehead atoms. The number of rotatable bonds is 15. The van der Waals surface area contributed by atoms with Crippen LogP contribution in [0.25, 0.3) is 166 Å². The number of para-hydroxylation sites is 4. The molecule has 22 aromatic rings. The van der Waals surface area contributed by atoms with E-state index >= 15 is 0 Å². The molecule has 0 spiro atoms. The highest BCUT2D eigenvalue weighted by Gasteiger charge is 2.47. The van der Waals surface area contributed by atoms with E-state index in [1.807, 2.05) is 0 Å². The molecule has 0 radical (unpaired) electrons. The molecule has 1 unspecified atom stereocenters. The van der Waals surface area contributed by atoms with E-state index in [0.29, 0.717) is 5.92 Å². The predicted octanol–water partition coefficient (Wildman–Crippen LogP) is 35.1. The van der Waals surface area contributed by atoms with E-state index in [1.54, 1.807) is 0 Å². The topological polar surface area (TPSA) is 16.3 Å². The summed E-state index contributed by atoms with van der Waals surface area (Å²) in [6.07, 6.45) is 0. The van der Waals surface area contributed by atoms with Crippen molar-refractivity contribution in [3.05, 3.63) is 488 Å². The SMILES string of the molecule is CC(C)c1ccc2c(c1)-c1cc(C(C)(C)C)ccc1C2c1ccc2c(c1)N(c1c(-c3cccc(-c4ccccc4)c3)cccc1-c1cccc(-c3ccccc3)c1)c1cc(-c3ccc4c(c3)c3ccccc3n4-c3ccccc3)cc3c1B2c1ccc(-n2c4ccc(C(C)(C)C)cc4c4cc(C(C)(C)C)ccc42)cc1N3c1c(-c2cccc(-c3ccccc3)c2)cccc1-c1cccc(-c2ccccc2)c1. The number of nitrogens with zero attached hydrogens (tertiary/aromatic N) is 4. The summed E-state index contributed by atoms with van der Waals surface area (Å²) in [6, 6.07) is 173. The van der Waals surface area contributed by atoms with E-state index in [2.05, 4.69) is 544 Å². The Bertz CT molecular complexity index is 8480. The van der Waals surface area contributed by atoms with Gasteiger partial charge in [0.05, 0.1) is 33.4 Å². The fourth-order valence-electron chi connectivity index (χ4n) is 23.1. The van der Waals surface area contributed by atoms with E-state index in [4.69, 9.17) is 0 Å². The Morgan fingerprint density at radius 2 is 0.582 bits per heavy atom. The maximum atomic E-state index is 2.79. The van der Waals surface area contributed by atoms with Crippen LogP contribution in [0.4, 0.5) is 34.1 Å². The number of benzene rings is 20. The molecule has 0 saturated heterocycles. The molecule has 25 rings (SSSR count). The van der Waals surface area contributed by atoms with Gasteiger partial charge in [-0.1, -0.05) is 416 Å². The first-order valence-electron chi connectivity index (χ1n) is 50.1. The fourth-order valence-corrected chi connectivity index (χ4v) is 23.1. The molecule has 0 saturated carbocycles. The molecule has 20 aromatic carbocycles. The van der Waals surface area contributed by atoms with Gasteiger partial charge in [0.25, 0.3) is 6.71 Å². The molecule has 4 heterocycles. The van der Waals surface area contributed by atoms with Gasteiger partial charge in [-0.05, 0) is 276 Å². The third-order valence-electron chi connectivity index (χ3n) is 30.4. The van der Waals surface area contributed by atoms with Crippen LogP contribution in [-0.4, -0.2) is 15.8 Å². The van der Waals surface area contributed by atoms with Crippen LogP contribution in [0.2, 0.25) is 0 Å². The second-order valence-electron chi connectivity index (χ2n) is 42.5. The number of hydrogen-bond donors (Lipinski definition) is 0. The monoisotopic (exact) mass is 1810 g/mol. The summed E-state index contributed by atoms with van der Waals surface area (Å²) < 4.78 is 5.04. The van der Waals surface area contributed by atoms with Crippen LogP contribution in [0.5, 0.6) is 0 Å². The first-order chi connectivity index (χ1) is 68.6. The summed E-state index contributed by atoms with van der Waals surface area (Å²) >= 11 is 0. The maximum Gasteiger partial charge on any atom is 0.252 e. The van der Waals surface area contributed by atoms with Gasteiger partial charge in [-0.25, -0.2) is 0 Å². The van der Waals surface area contributed by atoms with E-state index < -0.39 is 0 Å². The van der Waals surface area contributed by atoms with E-state index in [1.165, 1.54) is 88.0 Å². The first kappa shape index (κ1) is 86.3. The molecule has 0 fully saturated rings. The molecule has 141 heavy (non-hydrogen) atoms. The van der Waals surface area contributed by atoms with Crippen molar-refractivity contribution in [2.45, 2.75) is 104 Å². The molecular formula is C136H109BN4. The van der Waals surface area contributed by atoms with Gasteiger partial charge in [0.1, 0.15) is 0 Å². The lowest BCUT2D eigenvalue weighted by Crippen LogP contribution is -2.61. The highest BCUT2D eigenvalue weighted by atomic mass is 15.2. The van der Waals surface area contributed by atoms with Crippen molar-refractivity contribution < 1.29 is 0 Å². The van der Waals surface area contributed by atoms with Gasteiger partial charge in [-0.2, -0.15) is 0 Å². The van der Waals surface area contributed by atoms with Crippen LogP contribution in [0.1, 0.15) is 127 Å². The summed E-state index contributed by atoms with van der Waals surface area (Å²) in [5.41, 5.74) is 48.5. The lowest BCUT2D eigenvalue weighted by atomic mass is 9.33. The second-order valence-corrected chi connectivity index (χ2v) is 42.5. The highest BCUT2D eigenvalue weighted by Crippen LogP contribution is 2.58. The Kier molecular flexibility index (Phi) is 20.7. The van der Waals surface area contributed by atoms with Crippen molar-refractivity contribution in [1.29, 1.82) is 0 Å². The Morgan fingerprint density at radius 1 is 0.227 bits per heavy atom. The molecule has 0 amide bonds. The molecular weight excluding hydrogens is 1700 g/mol. The van der Waals surface area contributed by atoms with Crippen LogP contribution in [-0.2, 0) is 16.2 Å². The van der Waals surface area contributed by atoms with E-state index in [0.717, 1.165) is 168 Å². The molecule has 0 N–H and O–H groups in total. The second kappa shape index (κ2) is 33.8. The van der Waals surface area contributed by atoms with Crippen LogP contribution in [0.15, 0.2) is 449 Å². The minimum absolute atomic E-state index is 0.0909. The van der Waals surface area contributed by atoms with Gasteiger partial charge in [0.15, 0.2) is 0 Å². The molecule has 1 aliphatic carbocycles. The largest absolute Gasteiger partial charge is 0.310 e. The maximum absolute atomic E-state index is 2.79. The number of hydrogen-bond acceptors (Lipinski definition) is 2. The van der Waals surface area contributed by atoms with E-state index in [-0.39, 0.29) is 28.9 Å². The molecule has 3 aliphatic rings. The molecule has 4 nitrogen and oxygen atoms in total. The third-order valence-corrected chi connectivity index (χ3v) is 30.4. The molecule has 2 aromatic heterocycles. The normalized spacial score (nSPS) is 13.3. The zero-order chi connectivity index (χ0) is 95.4. The zero-order valence-electron chi connectivity index (χ0n) is 81.7. The van der Waals surface area contributed by atoms with Gasteiger partial charge in [0.2, 0.25) is 0 Å². The van der Waals surface area contributed by atoms with Gasteiger partial charge in [-0.3, -0.25) is 0 Å². The van der Waals surface area contributed by atoms with Crippen molar-refractivity contribution in [2.24, 2.45) is 0 Å². The minimum atomic E-state index is -0.374. The van der Waals surface area contributed by atoms with E-state index in [9.17, 15) is 0 Å². The quantitative estimate of drug-likeness (QED) is 0.0951. The van der Waals surface area contributed by atoms with Crippen LogP contribution >= 0.6 is 0 Å². The highest BCUT2D eigenvalue weighted by molar-refractivity contribution is 7.00. The first-order valence-corrected chi connectivity index (χ1v) is 50.1. The van der Waals surface area contributed by atoms with Crippen LogP contribution in [0, 0.1) is 0 Å². The number of fused-ring (bicyclic) bond motifs is 13. The summed E-state index contributed by atoms with van der Waals surface area (Å²) in [5, 5.41) is 4.84. The minimum Gasteiger partial charge on any atom is -0.310 e. The van der Waals surface area contributed by atoms with Gasteiger partial charge < -0.3 is 18.9 Å². The Balaban J connectivity index is 0.861. The predicted molar refractivity (Wildman–Crippen MR) is 601 cm³/mol. The molecule has 676 valence electrons. The van der Waals surface area contributed by atoms with Crippen LogP contribution in [0.3, 0.4) is 0 Å². The van der Waals surface area contributed by atoms with Crippen molar-refractivity contribution in [3.8, 4) is 123 Å². The summed E-state index contributed by atoms with van der Waals surface area (Å²) in [7, 11) is 0. The van der Waals surface area contributed by atoms with Crippen LogP contribution < -0.4 is 26.2 Å². The van der Waals surface area contributed by atoms with Gasteiger partial charge >= 0.3 is 0 Å². The number of aromatic nitrogens is 2. The zero-order valence-corrected chi connectivity index (χ0v) is 81.7. The lowest BCUT2D eigenvalue weighted by molar-refractivity contribution is 0.590. The Labute approximate surface area is 828 Å². The Hall–Kier alpha value is -16.3. The smallest absolute Gasteiger partial charge is 0.252 e. The average molecular weight is 1810 g/mol. The summed E-state index contributed by atoms with van der Waals surface area (Å²) in [4.78, 5) is 5.57. The number of anilines is 6. The van der Waals surface area contributed by atoms with Crippen molar-refractivity contribution >= 4 is 101 Å². The fraction of sp³-hybridized carbons (Fsp3) is 0.118. The lowest BCUT2D eigenvalue weighted by Gasteiger charge is -2.46. The summed E-state index contributed by atoms with van der Waals surface area (Å²) in [6.45, 7) is 25.5. The standard InChI is InChI=1S/C136H109BN4/c1-86(2)91-59-66-113-115(77-91)116-82-103(134(3,4)5)62-67-114(116)130(113)101-60-68-120-126(79-101)140(132-108(97-47-29-43-92(73-97)87-35-17-12-18-36-87)54-33-55-109(132)98-48-30-44-93(74-98)88-37-19-13-20-38-88)128-80-102(96-61-70-123-117(78-96)112-53-27-28-58-122(112)138(123)106-51-25-16-26-52-106)81-129-131(128)137(120)121-69-65-107(139-124-71-63-104(135(6,7)8)83-118(124)119-84-105(136(9,10)11)64-72-125(119)139)85-127(121)141(129)133-110(99-49-31-45-94(75-99)89-39-21-14-22-40-89)56-34-57-111(133)100-50-32-46-95(76-100)90-41-23-15-24-42-90/h12-86,130H,1-11H3. The molecule has 1 atom stereocenters. The Morgan fingerprint density at radius 3 is 1.04 bits per heavy atom.